The van der Waals surface area contributed by atoms with Crippen molar-refractivity contribution in [2.45, 2.75) is 32.7 Å². The van der Waals surface area contributed by atoms with Gasteiger partial charge in [0, 0.05) is 11.9 Å². The lowest BCUT2D eigenvalue weighted by Gasteiger charge is -2.14. The molecule has 0 spiro atoms. The first-order chi connectivity index (χ1) is 8.04. The number of aromatic hydroxyl groups is 1. The number of phenolic OH excluding ortho intramolecular Hbond substituents is 1. The van der Waals surface area contributed by atoms with Crippen LogP contribution in [0.4, 0.5) is 0 Å². The first-order valence-electron chi connectivity index (χ1n) is 5.71. The summed E-state index contributed by atoms with van der Waals surface area (Å²) in [6.45, 7) is 3.81. The third kappa shape index (κ3) is 4.27. The van der Waals surface area contributed by atoms with Crippen molar-refractivity contribution in [2.75, 3.05) is 5.88 Å². The molecule has 0 saturated carbocycles. The molecule has 17 heavy (non-hydrogen) atoms. The minimum absolute atomic E-state index is 0.0117. The first-order valence-corrected chi connectivity index (χ1v) is 6.24. The van der Waals surface area contributed by atoms with Gasteiger partial charge < -0.3 is 10.4 Å². The lowest BCUT2D eigenvalue weighted by molar-refractivity contribution is 0.0935. The predicted octanol–water partition coefficient (Wildman–Crippen LogP) is 2.84. The molecule has 1 rings (SSSR count). The average Bonchev–Trinajstić information content (AvgIpc) is 2.29. The zero-order valence-electron chi connectivity index (χ0n) is 10.2. The Morgan fingerprint density at radius 2 is 2.24 bits per heavy atom. The van der Waals surface area contributed by atoms with Crippen LogP contribution in [0.1, 0.15) is 35.7 Å². The monoisotopic (exact) mass is 255 g/mol. The zero-order valence-corrected chi connectivity index (χ0v) is 10.9. The van der Waals surface area contributed by atoms with E-state index in [4.69, 9.17) is 11.6 Å². The third-order valence-corrected chi connectivity index (χ3v) is 2.81. The number of hydrogen-bond acceptors (Lipinski definition) is 2. The Kier molecular flexibility index (Phi) is 5.29. The Hall–Kier alpha value is -1.22. The Morgan fingerprint density at radius 3 is 2.88 bits per heavy atom. The fourth-order valence-electron chi connectivity index (χ4n) is 1.59. The molecule has 94 valence electrons. The van der Waals surface area contributed by atoms with Crippen LogP contribution in [-0.2, 0) is 0 Å². The van der Waals surface area contributed by atoms with E-state index in [0.29, 0.717) is 11.4 Å². The van der Waals surface area contributed by atoms with Gasteiger partial charge in [0.25, 0.3) is 5.91 Å². The maximum absolute atomic E-state index is 11.9. The maximum Gasteiger partial charge on any atom is 0.255 e. The molecule has 3 nitrogen and oxygen atoms in total. The molecule has 0 bridgehead atoms. The van der Waals surface area contributed by atoms with Gasteiger partial charge >= 0.3 is 0 Å². The van der Waals surface area contributed by atoms with Gasteiger partial charge in [0.05, 0.1) is 5.56 Å². The van der Waals surface area contributed by atoms with Crippen LogP contribution in [0.2, 0.25) is 0 Å². The van der Waals surface area contributed by atoms with E-state index in [1.54, 1.807) is 12.1 Å². The average molecular weight is 256 g/mol. The molecule has 4 heteroatoms. The number of benzene rings is 1. The van der Waals surface area contributed by atoms with Crippen molar-refractivity contribution < 1.29 is 9.90 Å². The Labute approximate surface area is 107 Å². The van der Waals surface area contributed by atoms with Crippen molar-refractivity contribution in [1.29, 1.82) is 0 Å². The Balaban J connectivity index is 2.66. The summed E-state index contributed by atoms with van der Waals surface area (Å²) < 4.78 is 0. The molecule has 1 unspecified atom stereocenters. The summed E-state index contributed by atoms with van der Waals surface area (Å²) in [6, 6.07) is 5.04. The van der Waals surface area contributed by atoms with E-state index < -0.39 is 0 Å². The Bertz CT molecular complexity index is 393. The summed E-state index contributed by atoms with van der Waals surface area (Å²) in [5, 5.41) is 12.5. The van der Waals surface area contributed by atoms with Gasteiger partial charge in [0.15, 0.2) is 0 Å². The van der Waals surface area contributed by atoms with Gasteiger partial charge in [0.2, 0.25) is 0 Å². The van der Waals surface area contributed by atoms with Crippen molar-refractivity contribution >= 4 is 17.5 Å². The van der Waals surface area contributed by atoms with Crippen molar-refractivity contribution in [3.8, 4) is 5.75 Å². The summed E-state index contributed by atoms with van der Waals surface area (Å²) in [5.41, 5.74) is 1.27. The van der Waals surface area contributed by atoms with E-state index in [2.05, 4.69) is 5.32 Å². The fraction of sp³-hybridized carbons (Fsp3) is 0.462. The first kappa shape index (κ1) is 13.8. The van der Waals surface area contributed by atoms with E-state index in [-0.39, 0.29) is 17.7 Å². The number of phenols is 1. The number of halogens is 1. The number of carbonyl (C=O) groups excluding carboxylic acids is 1. The summed E-state index contributed by atoms with van der Waals surface area (Å²) in [5.74, 6) is 0.363. The van der Waals surface area contributed by atoms with E-state index in [1.165, 1.54) is 6.07 Å². The van der Waals surface area contributed by atoms with Crippen LogP contribution in [0, 0.1) is 6.92 Å². The molecule has 0 aliphatic rings. The van der Waals surface area contributed by atoms with Gasteiger partial charge in [-0.25, -0.2) is 0 Å². The highest BCUT2D eigenvalue weighted by Crippen LogP contribution is 2.18. The number of alkyl halides is 1. The fourth-order valence-corrected chi connectivity index (χ4v) is 1.74. The standard InChI is InChI=1S/C13H18ClNO2/c1-9-5-6-12(16)11(8-9)13(17)15-10(2)4-3-7-14/h5-6,8,10,16H,3-4,7H2,1-2H3,(H,15,17). The van der Waals surface area contributed by atoms with E-state index in [9.17, 15) is 9.90 Å². The zero-order chi connectivity index (χ0) is 12.8. The second-order valence-electron chi connectivity index (χ2n) is 4.23. The predicted molar refractivity (Wildman–Crippen MR) is 69.7 cm³/mol. The summed E-state index contributed by atoms with van der Waals surface area (Å²) in [7, 11) is 0. The van der Waals surface area contributed by atoms with Crippen molar-refractivity contribution in [2.24, 2.45) is 0 Å². The quantitative estimate of drug-likeness (QED) is 0.795. The second kappa shape index (κ2) is 6.50. The van der Waals surface area contributed by atoms with Gasteiger partial charge in [0.1, 0.15) is 5.75 Å². The van der Waals surface area contributed by atoms with Crippen LogP contribution in [0.15, 0.2) is 18.2 Å². The van der Waals surface area contributed by atoms with Crippen LogP contribution in [0.25, 0.3) is 0 Å². The smallest absolute Gasteiger partial charge is 0.255 e. The molecule has 1 atom stereocenters. The molecule has 0 aromatic heterocycles. The lowest BCUT2D eigenvalue weighted by atomic mass is 10.1. The van der Waals surface area contributed by atoms with E-state index >= 15 is 0 Å². The van der Waals surface area contributed by atoms with Crippen LogP contribution in [0.5, 0.6) is 5.75 Å². The van der Waals surface area contributed by atoms with Gasteiger partial charge in [-0.3, -0.25) is 4.79 Å². The maximum atomic E-state index is 11.9. The molecule has 0 saturated heterocycles. The third-order valence-electron chi connectivity index (χ3n) is 2.54. The lowest BCUT2D eigenvalue weighted by Crippen LogP contribution is -2.32. The van der Waals surface area contributed by atoms with Gasteiger partial charge in [-0.15, -0.1) is 11.6 Å². The van der Waals surface area contributed by atoms with E-state index in [0.717, 1.165) is 18.4 Å². The molecule has 0 fully saturated rings. The second-order valence-corrected chi connectivity index (χ2v) is 4.60. The minimum Gasteiger partial charge on any atom is -0.507 e. The summed E-state index contributed by atoms with van der Waals surface area (Å²) >= 11 is 5.59. The molecular formula is C13H18ClNO2. The molecule has 0 aliphatic carbocycles. The van der Waals surface area contributed by atoms with Crippen molar-refractivity contribution in [1.82, 2.24) is 5.32 Å². The molecule has 2 N–H and O–H groups in total. The molecule has 0 aliphatic heterocycles. The van der Waals surface area contributed by atoms with Crippen LogP contribution in [-0.4, -0.2) is 22.9 Å². The largest absolute Gasteiger partial charge is 0.507 e. The van der Waals surface area contributed by atoms with Gasteiger partial charge in [-0.05, 0) is 38.8 Å². The summed E-state index contributed by atoms with van der Waals surface area (Å²) in [4.78, 5) is 11.9. The minimum atomic E-state index is -0.242. The van der Waals surface area contributed by atoms with Gasteiger partial charge in [-0.1, -0.05) is 11.6 Å². The molecule has 1 aromatic carbocycles. The number of nitrogens with one attached hydrogen (secondary N) is 1. The molecule has 1 aromatic rings. The number of aryl methyl sites for hydroxylation is 1. The number of amides is 1. The number of carbonyl (C=O) groups is 1. The van der Waals surface area contributed by atoms with Crippen molar-refractivity contribution in [3.05, 3.63) is 29.3 Å². The van der Waals surface area contributed by atoms with Crippen LogP contribution in [0.3, 0.4) is 0 Å². The number of hydrogen-bond donors (Lipinski definition) is 2. The molecular weight excluding hydrogens is 238 g/mol. The number of rotatable bonds is 5. The van der Waals surface area contributed by atoms with Crippen LogP contribution >= 0.6 is 11.6 Å². The van der Waals surface area contributed by atoms with Gasteiger partial charge in [-0.2, -0.15) is 0 Å². The Morgan fingerprint density at radius 1 is 1.53 bits per heavy atom. The molecule has 0 heterocycles. The van der Waals surface area contributed by atoms with Crippen LogP contribution < -0.4 is 5.32 Å². The topological polar surface area (TPSA) is 49.3 Å². The highest BCUT2D eigenvalue weighted by Gasteiger charge is 2.13. The molecule has 0 radical (unpaired) electrons. The van der Waals surface area contributed by atoms with E-state index in [1.807, 2.05) is 13.8 Å². The SMILES string of the molecule is Cc1ccc(O)c(C(=O)NC(C)CCCCl)c1. The summed E-state index contributed by atoms with van der Waals surface area (Å²) in [6.07, 6.45) is 1.70. The highest BCUT2D eigenvalue weighted by molar-refractivity contribution is 6.17. The highest BCUT2D eigenvalue weighted by atomic mass is 35.5. The normalized spacial score (nSPS) is 12.2. The van der Waals surface area contributed by atoms with Crippen molar-refractivity contribution in [3.63, 3.8) is 0 Å². The molecule has 1 amide bonds.